The van der Waals surface area contributed by atoms with Gasteiger partial charge in [0.1, 0.15) is 4.34 Å². The Hall–Kier alpha value is -0.840. The molecule has 1 aromatic carbocycles. The number of nitrogens with zero attached hydrogens (tertiary/aromatic N) is 1. The minimum absolute atomic E-state index is 0.596. The van der Waals surface area contributed by atoms with Crippen molar-refractivity contribution in [3.8, 4) is 0 Å². The molecule has 3 unspecified atom stereocenters. The second-order valence-corrected chi connectivity index (χ2v) is 8.07. The van der Waals surface area contributed by atoms with E-state index < -0.39 is 0 Å². The van der Waals surface area contributed by atoms with Crippen molar-refractivity contribution in [3.05, 3.63) is 47.0 Å². The van der Waals surface area contributed by atoms with Gasteiger partial charge >= 0.3 is 0 Å². The predicted molar refractivity (Wildman–Crippen MR) is 92.4 cm³/mol. The molecule has 0 spiro atoms. The molecule has 1 N–H and O–H groups in total. The zero-order valence-electron chi connectivity index (χ0n) is 12.6. The first-order valence-electron chi connectivity index (χ1n) is 7.57. The summed E-state index contributed by atoms with van der Waals surface area (Å²) in [5.74, 6) is 0.689. The molecule has 1 aromatic heterocycles. The highest BCUT2D eigenvalue weighted by molar-refractivity contribution is 8.01. The first-order valence-corrected chi connectivity index (χ1v) is 9.33. The molecule has 1 saturated carbocycles. The lowest BCUT2D eigenvalue weighted by Gasteiger charge is -2.35. The maximum Gasteiger partial charge on any atom is 0.150 e. The van der Waals surface area contributed by atoms with Gasteiger partial charge in [-0.2, -0.15) is 0 Å². The summed E-state index contributed by atoms with van der Waals surface area (Å²) in [6.07, 6.45) is 3.76. The van der Waals surface area contributed by atoms with Crippen molar-refractivity contribution in [1.29, 1.82) is 0 Å². The number of thioether (sulfide) groups is 1. The van der Waals surface area contributed by atoms with Crippen molar-refractivity contribution in [2.45, 2.75) is 47.7 Å². The van der Waals surface area contributed by atoms with Crippen LogP contribution in [0.5, 0.6) is 0 Å². The molecule has 3 atom stereocenters. The van der Waals surface area contributed by atoms with Gasteiger partial charge in [-0.3, -0.25) is 0 Å². The first-order chi connectivity index (χ1) is 10.3. The van der Waals surface area contributed by atoms with Crippen molar-refractivity contribution < 1.29 is 0 Å². The Morgan fingerprint density at radius 2 is 2.05 bits per heavy atom. The molecular formula is C17H22N2S2. The molecule has 0 saturated heterocycles. The molecule has 2 nitrogen and oxygen atoms in total. The third kappa shape index (κ3) is 3.68. The summed E-state index contributed by atoms with van der Waals surface area (Å²) in [4.78, 5) is 4.63. The van der Waals surface area contributed by atoms with Crippen LogP contribution < -0.4 is 5.32 Å². The molecule has 1 heterocycles. The van der Waals surface area contributed by atoms with Crippen LogP contribution in [0.3, 0.4) is 0 Å². The third-order valence-electron chi connectivity index (χ3n) is 4.28. The quantitative estimate of drug-likeness (QED) is 0.900. The molecule has 0 amide bonds. The minimum atomic E-state index is 0.596. The van der Waals surface area contributed by atoms with Gasteiger partial charge in [0.05, 0.1) is 0 Å². The molecule has 2 aromatic rings. The maximum atomic E-state index is 4.63. The molecule has 21 heavy (non-hydrogen) atoms. The van der Waals surface area contributed by atoms with E-state index >= 15 is 0 Å². The zero-order chi connectivity index (χ0) is 14.7. The highest BCUT2D eigenvalue weighted by Crippen LogP contribution is 2.41. The van der Waals surface area contributed by atoms with Crippen LogP contribution in [0.25, 0.3) is 0 Å². The smallest absolute Gasteiger partial charge is 0.150 e. The van der Waals surface area contributed by atoms with Crippen LogP contribution in [-0.2, 0) is 0 Å². The fourth-order valence-corrected chi connectivity index (χ4v) is 5.61. The number of benzene rings is 1. The average Bonchev–Trinajstić information content (AvgIpc) is 2.93. The Bertz CT molecular complexity index is 567. The molecule has 0 aliphatic heterocycles. The van der Waals surface area contributed by atoms with Crippen LogP contribution in [0, 0.1) is 6.92 Å². The standard InChI is InChI=1S/C17H22N2S2/c1-12-11-20-17(19-12)21-16-10-14(8-9-15(16)18-2)13-6-4-3-5-7-13/h3-7,11,14-16,18H,8-10H2,1-2H3. The average molecular weight is 319 g/mol. The van der Waals surface area contributed by atoms with Gasteiger partial charge in [0, 0.05) is 22.4 Å². The van der Waals surface area contributed by atoms with Gasteiger partial charge in [-0.1, -0.05) is 42.1 Å². The zero-order valence-corrected chi connectivity index (χ0v) is 14.2. The molecular weight excluding hydrogens is 296 g/mol. The van der Waals surface area contributed by atoms with Gasteiger partial charge in [-0.15, -0.1) is 11.3 Å². The molecule has 3 rings (SSSR count). The van der Waals surface area contributed by atoms with Crippen molar-refractivity contribution in [1.82, 2.24) is 10.3 Å². The lowest BCUT2D eigenvalue weighted by molar-refractivity contribution is 0.369. The summed E-state index contributed by atoms with van der Waals surface area (Å²) in [5, 5.41) is 6.27. The van der Waals surface area contributed by atoms with Gasteiger partial charge < -0.3 is 5.32 Å². The summed E-state index contributed by atoms with van der Waals surface area (Å²) in [6.45, 7) is 2.07. The summed E-state index contributed by atoms with van der Waals surface area (Å²) in [7, 11) is 2.09. The number of hydrogen-bond acceptors (Lipinski definition) is 4. The normalized spacial score (nSPS) is 25.9. The Morgan fingerprint density at radius 3 is 2.71 bits per heavy atom. The fourth-order valence-electron chi connectivity index (χ4n) is 3.13. The van der Waals surface area contributed by atoms with Crippen LogP contribution in [0.1, 0.15) is 36.4 Å². The van der Waals surface area contributed by atoms with Crippen LogP contribution in [0.4, 0.5) is 0 Å². The second-order valence-electron chi connectivity index (χ2n) is 5.73. The van der Waals surface area contributed by atoms with E-state index in [1.54, 1.807) is 11.3 Å². The van der Waals surface area contributed by atoms with Gasteiger partial charge in [0.25, 0.3) is 0 Å². The van der Waals surface area contributed by atoms with E-state index in [4.69, 9.17) is 0 Å². The number of thiazole rings is 1. The third-order valence-corrected chi connectivity index (χ3v) is 6.73. The second kappa shape index (κ2) is 6.95. The molecule has 112 valence electrons. The fraction of sp³-hybridized carbons (Fsp3) is 0.471. The summed E-state index contributed by atoms with van der Waals surface area (Å²) < 4.78 is 1.21. The Labute approximate surface area is 135 Å². The number of rotatable bonds is 4. The molecule has 0 radical (unpaired) electrons. The van der Waals surface area contributed by atoms with Gasteiger partial charge in [0.2, 0.25) is 0 Å². The highest BCUT2D eigenvalue weighted by Gasteiger charge is 2.31. The van der Waals surface area contributed by atoms with E-state index in [9.17, 15) is 0 Å². The van der Waals surface area contributed by atoms with Gasteiger partial charge in [-0.25, -0.2) is 4.98 Å². The lowest BCUT2D eigenvalue weighted by atomic mass is 9.81. The largest absolute Gasteiger partial charge is 0.316 e. The van der Waals surface area contributed by atoms with Crippen molar-refractivity contribution in [2.24, 2.45) is 0 Å². The van der Waals surface area contributed by atoms with E-state index in [1.807, 2.05) is 11.8 Å². The Kier molecular flexibility index (Phi) is 4.99. The van der Waals surface area contributed by atoms with E-state index in [-0.39, 0.29) is 0 Å². The molecule has 1 fully saturated rings. The highest BCUT2D eigenvalue weighted by atomic mass is 32.2. The van der Waals surface area contributed by atoms with Crippen LogP contribution in [0.15, 0.2) is 40.1 Å². The van der Waals surface area contributed by atoms with Crippen LogP contribution in [0.2, 0.25) is 0 Å². The van der Waals surface area contributed by atoms with Crippen molar-refractivity contribution >= 4 is 23.1 Å². The van der Waals surface area contributed by atoms with E-state index in [1.165, 1.54) is 29.2 Å². The summed E-state index contributed by atoms with van der Waals surface area (Å²) >= 11 is 3.74. The molecule has 0 bridgehead atoms. The SMILES string of the molecule is CNC1CCC(c2ccccc2)CC1Sc1nc(C)cs1. The van der Waals surface area contributed by atoms with Crippen LogP contribution >= 0.6 is 23.1 Å². The van der Waals surface area contributed by atoms with Crippen molar-refractivity contribution in [3.63, 3.8) is 0 Å². The minimum Gasteiger partial charge on any atom is -0.316 e. The topological polar surface area (TPSA) is 24.9 Å². The van der Waals surface area contributed by atoms with E-state index in [2.05, 4.69) is 60.0 Å². The first kappa shape index (κ1) is 15.1. The number of aryl methyl sites for hydroxylation is 1. The van der Waals surface area contributed by atoms with Crippen LogP contribution in [-0.4, -0.2) is 23.3 Å². The van der Waals surface area contributed by atoms with E-state index in [0.29, 0.717) is 17.2 Å². The summed E-state index contributed by atoms with van der Waals surface area (Å²) in [5.41, 5.74) is 2.63. The lowest BCUT2D eigenvalue weighted by Crippen LogP contribution is -2.40. The molecule has 1 aliphatic rings. The van der Waals surface area contributed by atoms with Gasteiger partial charge in [-0.05, 0) is 44.7 Å². The molecule has 1 aliphatic carbocycles. The summed E-state index contributed by atoms with van der Waals surface area (Å²) in [6, 6.07) is 11.6. The number of nitrogens with one attached hydrogen (secondary N) is 1. The van der Waals surface area contributed by atoms with Crippen molar-refractivity contribution in [2.75, 3.05) is 7.05 Å². The monoisotopic (exact) mass is 318 g/mol. The van der Waals surface area contributed by atoms with Gasteiger partial charge in [0.15, 0.2) is 0 Å². The maximum absolute atomic E-state index is 4.63. The Morgan fingerprint density at radius 1 is 1.24 bits per heavy atom. The van der Waals surface area contributed by atoms with E-state index in [0.717, 1.165) is 5.69 Å². The number of hydrogen-bond donors (Lipinski definition) is 1. The molecule has 4 heteroatoms. The Balaban J connectivity index is 1.72. The predicted octanol–water partition coefficient (Wildman–Crippen LogP) is 4.47. The number of aromatic nitrogens is 1.